The topological polar surface area (TPSA) is 38.7 Å². The fraction of sp³-hybridized carbons (Fsp3) is 0.0541. The van der Waals surface area contributed by atoms with Gasteiger partial charge in [0.25, 0.3) is 0 Å². The van der Waals surface area contributed by atoms with Crippen molar-refractivity contribution in [1.82, 2.24) is 15.0 Å². The minimum absolute atomic E-state index is 0. The molecule has 0 atom stereocenters. The first-order valence-corrected chi connectivity index (χ1v) is 16.5. The second-order valence-electron chi connectivity index (χ2n) is 10.8. The zero-order chi connectivity index (χ0) is 34.6. The van der Waals surface area contributed by atoms with Gasteiger partial charge in [0.2, 0.25) is 0 Å². The molecule has 0 aliphatic carbocycles. The number of hydrogen-bond acceptors (Lipinski definition) is 3. The quantitative estimate of drug-likeness (QED) is 0.0768. The Morgan fingerprint density at radius 1 is 0.551 bits per heavy atom. The fourth-order valence-corrected chi connectivity index (χ4v) is 5.06. The summed E-state index contributed by atoms with van der Waals surface area (Å²) in [6.45, 7) is 4.11. The van der Waals surface area contributed by atoms with Crippen molar-refractivity contribution in [3.63, 3.8) is 0 Å². The van der Waals surface area contributed by atoms with Gasteiger partial charge in [-0.05, 0) is 60.0 Å². The molecule has 0 N–H and O–H groups in total. The minimum Gasteiger partial charge on any atom is -0.305 e. The van der Waals surface area contributed by atoms with E-state index in [4.69, 9.17) is 9.97 Å². The minimum atomic E-state index is -10.7. The number of hydrogen-bond donors (Lipinski definition) is 0. The zero-order valence-electron chi connectivity index (χ0n) is 25.9. The number of nitrogens with zero attached hydrogens (tertiary/aromatic N) is 3. The number of rotatable bonds is 3. The van der Waals surface area contributed by atoms with Crippen molar-refractivity contribution in [3.8, 4) is 33.5 Å². The van der Waals surface area contributed by atoms with E-state index in [0.717, 1.165) is 38.9 Å². The molecule has 49 heavy (non-hydrogen) atoms. The number of pyridine rings is 3. The van der Waals surface area contributed by atoms with Gasteiger partial charge in [-0.15, -0.1) is 29.8 Å². The summed E-state index contributed by atoms with van der Waals surface area (Å²) < 4.78 is 72.0. The molecule has 0 saturated heterocycles. The van der Waals surface area contributed by atoms with Crippen molar-refractivity contribution in [3.05, 3.63) is 151 Å². The predicted octanol–water partition coefficient (Wildman–Crippen LogP) is 12.8. The summed E-state index contributed by atoms with van der Waals surface area (Å²) in [5, 5.41) is 2.28. The molecule has 0 spiro atoms. The normalized spacial score (nSPS) is 12.3. The number of aryl methyl sites for hydroxylation is 2. The van der Waals surface area contributed by atoms with E-state index in [1.165, 1.54) is 28.3 Å². The van der Waals surface area contributed by atoms with Crippen molar-refractivity contribution >= 4 is 29.6 Å². The average Bonchev–Trinajstić information content (AvgIpc) is 3.04. The average molecular weight is 870 g/mol. The van der Waals surface area contributed by atoms with Gasteiger partial charge in [-0.2, -0.15) is 0 Å². The molecule has 4 aromatic carbocycles. The van der Waals surface area contributed by atoms with Crippen LogP contribution in [0.1, 0.15) is 11.4 Å². The Balaban J connectivity index is 0.000000214. The molecule has 3 aromatic heterocycles. The van der Waals surface area contributed by atoms with Crippen LogP contribution in [0, 0.1) is 25.7 Å². The number of aromatic nitrogens is 3. The van der Waals surface area contributed by atoms with Crippen LogP contribution >= 0.6 is 7.81 Å². The summed E-state index contributed by atoms with van der Waals surface area (Å²) in [6, 6.07) is 42.6. The summed E-state index contributed by atoms with van der Waals surface area (Å²) >= 11 is 0. The second-order valence-corrected chi connectivity index (χ2v) is 12.7. The molecule has 12 heteroatoms. The maximum absolute atomic E-state index is 12.8. The molecular weight excluding hydrogens is 843 g/mol. The molecule has 0 aliphatic rings. The van der Waals surface area contributed by atoms with E-state index >= 15 is 0 Å². The first-order chi connectivity index (χ1) is 22.5. The Kier molecular flexibility index (Phi) is 10.7. The van der Waals surface area contributed by atoms with Gasteiger partial charge in [0.1, 0.15) is 0 Å². The fourth-order valence-electron chi connectivity index (χ4n) is 5.06. The van der Waals surface area contributed by atoms with Crippen LogP contribution < -0.4 is 0 Å². The van der Waals surface area contributed by atoms with Gasteiger partial charge in [0, 0.05) is 54.3 Å². The van der Waals surface area contributed by atoms with Crippen LogP contribution in [0.3, 0.4) is 0 Å². The van der Waals surface area contributed by atoms with Gasteiger partial charge in [0.05, 0.1) is 11.0 Å². The molecule has 1 radical (unpaired) electrons. The number of benzene rings is 4. The van der Waals surface area contributed by atoms with Crippen molar-refractivity contribution in [2.75, 3.05) is 0 Å². The summed E-state index contributed by atoms with van der Waals surface area (Å²) in [5.74, 6) is -0.358. The van der Waals surface area contributed by atoms with E-state index < -0.39 is 7.81 Å². The van der Waals surface area contributed by atoms with Crippen LogP contribution in [0.2, 0.25) is 0 Å². The third-order valence-electron chi connectivity index (χ3n) is 6.88. The molecular formula is C37H27F7IrN3P-2. The number of halogens is 7. The summed E-state index contributed by atoms with van der Waals surface area (Å²) in [5.41, 5.74) is 10.2. The zero-order valence-corrected chi connectivity index (χ0v) is 29.2. The van der Waals surface area contributed by atoms with Crippen molar-refractivity contribution < 1.29 is 49.7 Å². The van der Waals surface area contributed by atoms with Crippen LogP contribution in [0.5, 0.6) is 0 Å². The third-order valence-corrected chi connectivity index (χ3v) is 6.88. The summed E-state index contributed by atoms with van der Waals surface area (Å²) in [4.78, 5) is 13.9. The maximum atomic E-state index is 12.8. The molecule has 3 heterocycles. The predicted molar refractivity (Wildman–Crippen MR) is 179 cm³/mol. The molecule has 0 saturated carbocycles. The van der Waals surface area contributed by atoms with Gasteiger partial charge in [0.15, 0.2) is 0 Å². The van der Waals surface area contributed by atoms with E-state index in [1.54, 1.807) is 18.3 Å². The monoisotopic (exact) mass is 870 g/mol. The largest absolute Gasteiger partial charge is 0.305 e. The molecule has 255 valence electrons. The van der Waals surface area contributed by atoms with Crippen molar-refractivity contribution in [2.24, 2.45) is 0 Å². The molecule has 7 aromatic rings. The molecule has 0 bridgehead atoms. The van der Waals surface area contributed by atoms with Gasteiger partial charge >= 0.3 is 33.0 Å². The van der Waals surface area contributed by atoms with Gasteiger partial charge in [-0.3, -0.25) is 9.97 Å². The van der Waals surface area contributed by atoms with E-state index in [1.807, 2.05) is 30.3 Å². The van der Waals surface area contributed by atoms with E-state index in [9.17, 15) is 29.6 Å². The Morgan fingerprint density at radius 2 is 1.00 bits per heavy atom. The van der Waals surface area contributed by atoms with Crippen LogP contribution in [0.15, 0.2) is 128 Å². The third kappa shape index (κ3) is 11.0. The molecule has 3 nitrogen and oxygen atoms in total. The second kappa shape index (κ2) is 14.1. The van der Waals surface area contributed by atoms with Gasteiger partial charge < -0.3 is 4.98 Å². The molecule has 0 amide bonds. The van der Waals surface area contributed by atoms with E-state index in [-0.39, 0.29) is 25.9 Å². The van der Waals surface area contributed by atoms with Crippen molar-refractivity contribution in [1.29, 1.82) is 0 Å². The van der Waals surface area contributed by atoms with E-state index in [0.29, 0.717) is 5.56 Å². The van der Waals surface area contributed by atoms with Crippen LogP contribution in [-0.2, 0) is 20.1 Å². The molecule has 0 aliphatic heterocycles. The standard InChI is InChI=1S/C26H20N2.C11H7FN.F6P.Ir/c1-17-15-23(19-9-5-3-6-10-19)21-13-14-22-24(20-11-7-4-8-12-20)16-18(2)28-26(22)25(21)27-17;12-10-5-3-4-9(8-10)11-6-1-2-7-13-11;1-7(2,3,4,5)6;/h3-16H,1-2H3;1-7H;;/q;2*-1;. The Bertz CT molecular complexity index is 2090. The summed E-state index contributed by atoms with van der Waals surface area (Å²) in [7, 11) is -10.7. The Labute approximate surface area is 291 Å². The molecule has 0 fully saturated rings. The summed E-state index contributed by atoms with van der Waals surface area (Å²) in [6.07, 6.45) is 1.67. The smallest absolute Gasteiger partial charge is 0.0405 e. The van der Waals surface area contributed by atoms with Crippen LogP contribution in [0.25, 0.3) is 55.3 Å². The van der Waals surface area contributed by atoms with E-state index in [2.05, 4.69) is 97.7 Å². The van der Waals surface area contributed by atoms with Crippen LogP contribution in [0.4, 0.5) is 29.6 Å². The Morgan fingerprint density at radius 3 is 1.41 bits per heavy atom. The first kappa shape index (κ1) is 37.3. The SMILES string of the molecule is Cc1cc(-c2ccccc2)c2ccc3c(-c4ccccc4)cc(C)nc3c2n1.F[P-](F)(F)(F)(F)F.Fc1[c-]c(-c2ccccn2)ccc1.[Ir]. The first-order valence-electron chi connectivity index (χ1n) is 14.5. The van der Waals surface area contributed by atoms with Gasteiger partial charge in [-0.25, -0.2) is 4.39 Å². The number of fused-ring (bicyclic) bond motifs is 3. The molecule has 0 unspecified atom stereocenters. The Hall–Kier alpha value is -4.56. The van der Waals surface area contributed by atoms with Crippen molar-refractivity contribution in [2.45, 2.75) is 13.8 Å². The van der Waals surface area contributed by atoms with Gasteiger partial charge in [-0.1, -0.05) is 84.9 Å². The molecule has 7 rings (SSSR count). The maximum Gasteiger partial charge on any atom is 0.0405 e. The van der Waals surface area contributed by atoms with Crippen LogP contribution in [-0.4, -0.2) is 15.0 Å².